The first-order chi connectivity index (χ1) is 13.0. The molecule has 0 heterocycles. The molecular formula is C26H46O2. The Morgan fingerprint density at radius 3 is 1.54 bits per heavy atom. The molecule has 2 nitrogen and oxygen atoms in total. The van der Waals surface area contributed by atoms with E-state index in [-0.39, 0.29) is 23.4 Å². The summed E-state index contributed by atoms with van der Waals surface area (Å²) in [5.41, 5.74) is -0.362. The fourth-order valence-electron chi connectivity index (χ4n) is 6.89. The molecule has 2 aliphatic carbocycles. The smallest absolute Gasteiger partial charge is 0.146 e. The van der Waals surface area contributed by atoms with E-state index in [1.54, 1.807) is 6.92 Å². The molecule has 0 radical (unpaired) electrons. The van der Waals surface area contributed by atoms with E-state index in [0.29, 0.717) is 47.3 Å². The van der Waals surface area contributed by atoms with Crippen LogP contribution >= 0.6 is 0 Å². The molecule has 0 aromatic carbocycles. The van der Waals surface area contributed by atoms with Crippen molar-refractivity contribution in [3.05, 3.63) is 0 Å². The molecule has 0 aromatic rings. The SMILES string of the molecule is CC(=O)CC(=O)C(C)(C1CC(C)CCC1C(C)C)C1CC(C)CCC1C(C)C. The van der Waals surface area contributed by atoms with Crippen LogP contribution in [0.3, 0.4) is 0 Å². The van der Waals surface area contributed by atoms with E-state index >= 15 is 0 Å². The summed E-state index contributed by atoms with van der Waals surface area (Å²) < 4.78 is 0. The molecule has 2 fully saturated rings. The Bertz CT molecular complexity index is 515. The largest absolute Gasteiger partial charge is 0.300 e. The molecule has 2 rings (SSSR count). The van der Waals surface area contributed by atoms with Gasteiger partial charge in [-0.3, -0.25) is 9.59 Å². The Morgan fingerprint density at radius 2 is 1.21 bits per heavy atom. The van der Waals surface area contributed by atoms with Crippen LogP contribution in [0.2, 0.25) is 0 Å². The quantitative estimate of drug-likeness (QED) is 0.440. The molecule has 2 aliphatic rings. The second-order valence-corrected chi connectivity index (χ2v) is 11.4. The average Bonchev–Trinajstić information content (AvgIpc) is 2.59. The van der Waals surface area contributed by atoms with E-state index < -0.39 is 0 Å². The van der Waals surface area contributed by atoms with E-state index in [1.807, 2.05) is 0 Å². The van der Waals surface area contributed by atoms with Gasteiger partial charge in [0.15, 0.2) is 0 Å². The zero-order valence-corrected chi connectivity index (χ0v) is 19.9. The first-order valence-electron chi connectivity index (χ1n) is 12.0. The van der Waals surface area contributed by atoms with E-state index in [0.717, 1.165) is 12.8 Å². The van der Waals surface area contributed by atoms with Crippen molar-refractivity contribution in [1.29, 1.82) is 0 Å². The highest BCUT2D eigenvalue weighted by atomic mass is 16.1. The summed E-state index contributed by atoms with van der Waals surface area (Å²) in [6.45, 7) is 18.0. The summed E-state index contributed by atoms with van der Waals surface area (Å²) in [4.78, 5) is 25.8. The lowest BCUT2D eigenvalue weighted by molar-refractivity contribution is -0.148. The monoisotopic (exact) mass is 390 g/mol. The fourth-order valence-corrected chi connectivity index (χ4v) is 6.89. The summed E-state index contributed by atoms with van der Waals surface area (Å²) in [5, 5.41) is 0. The van der Waals surface area contributed by atoms with Crippen molar-refractivity contribution < 1.29 is 9.59 Å². The molecule has 28 heavy (non-hydrogen) atoms. The summed E-state index contributed by atoms with van der Waals surface area (Å²) in [6.07, 6.45) is 7.47. The van der Waals surface area contributed by atoms with Gasteiger partial charge >= 0.3 is 0 Å². The summed E-state index contributed by atoms with van der Waals surface area (Å²) in [7, 11) is 0. The number of Topliss-reactive ketones (excluding diaryl/α,β-unsaturated/α-hetero) is 2. The minimum Gasteiger partial charge on any atom is -0.300 e. The molecule has 0 saturated heterocycles. The zero-order valence-electron chi connectivity index (χ0n) is 19.9. The first-order valence-corrected chi connectivity index (χ1v) is 12.0. The Hall–Kier alpha value is -0.660. The van der Waals surface area contributed by atoms with Crippen molar-refractivity contribution in [1.82, 2.24) is 0 Å². The van der Waals surface area contributed by atoms with Gasteiger partial charge in [0.2, 0.25) is 0 Å². The Morgan fingerprint density at radius 1 is 0.821 bits per heavy atom. The van der Waals surface area contributed by atoms with Crippen molar-refractivity contribution in [3.8, 4) is 0 Å². The van der Waals surface area contributed by atoms with Gasteiger partial charge in [-0.15, -0.1) is 0 Å². The van der Waals surface area contributed by atoms with Gasteiger partial charge in [0.25, 0.3) is 0 Å². The minimum absolute atomic E-state index is 0.0335. The van der Waals surface area contributed by atoms with Gasteiger partial charge in [0.05, 0.1) is 6.42 Å². The van der Waals surface area contributed by atoms with Crippen LogP contribution in [0.4, 0.5) is 0 Å². The van der Waals surface area contributed by atoms with E-state index in [4.69, 9.17) is 0 Å². The third kappa shape index (κ3) is 4.90. The molecule has 162 valence electrons. The minimum atomic E-state index is -0.362. The van der Waals surface area contributed by atoms with E-state index in [2.05, 4.69) is 48.5 Å². The highest BCUT2D eigenvalue weighted by Crippen LogP contribution is 2.57. The predicted molar refractivity (Wildman–Crippen MR) is 118 cm³/mol. The lowest BCUT2D eigenvalue weighted by Crippen LogP contribution is -2.53. The topological polar surface area (TPSA) is 34.1 Å². The number of rotatable bonds is 7. The standard InChI is InChI=1S/C26H46O2/c1-16(2)21-11-9-18(5)13-23(21)26(8,25(28)15-20(7)27)24-14-19(6)10-12-22(24)17(3)4/h16-19,21-24H,9-15H2,1-8H3. The molecule has 0 aromatic heterocycles. The molecule has 0 N–H and O–H groups in total. The van der Waals surface area contributed by atoms with Crippen molar-refractivity contribution >= 4 is 11.6 Å². The number of carbonyl (C=O) groups excluding carboxylic acids is 2. The lowest BCUT2D eigenvalue weighted by atomic mass is 9.49. The molecule has 0 spiro atoms. The number of ketones is 2. The lowest BCUT2D eigenvalue weighted by Gasteiger charge is -2.54. The van der Waals surface area contributed by atoms with Gasteiger partial charge in [-0.2, -0.15) is 0 Å². The van der Waals surface area contributed by atoms with Crippen LogP contribution in [-0.4, -0.2) is 11.6 Å². The first kappa shape index (κ1) is 23.6. The molecule has 0 amide bonds. The van der Waals surface area contributed by atoms with Crippen molar-refractivity contribution in [2.24, 2.45) is 52.8 Å². The van der Waals surface area contributed by atoms with Crippen LogP contribution in [0.15, 0.2) is 0 Å². The van der Waals surface area contributed by atoms with Gasteiger partial charge in [0, 0.05) is 5.41 Å². The summed E-state index contributed by atoms with van der Waals surface area (Å²) in [5.74, 6) is 4.87. The Labute approximate surface area is 174 Å². The van der Waals surface area contributed by atoms with Crippen LogP contribution in [-0.2, 0) is 9.59 Å². The maximum absolute atomic E-state index is 13.8. The van der Waals surface area contributed by atoms with Crippen LogP contribution < -0.4 is 0 Å². The maximum Gasteiger partial charge on any atom is 0.146 e. The molecule has 6 unspecified atom stereocenters. The number of carbonyl (C=O) groups is 2. The third-order valence-corrected chi connectivity index (χ3v) is 8.60. The van der Waals surface area contributed by atoms with Crippen molar-refractivity contribution in [2.45, 2.75) is 100 Å². The maximum atomic E-state index is 13.8. The highest BCUT2D eigenvalue weighted by molar-refractivity contribution is 6.01. The van der Waals surface area contributed by atoms with Gasteiger partial charge in [0.1, 0.15) is 11.6 Å². The van der Waals surface area contributed by atoms with Crippen molar-refractivity contribution in [3.63, 3.8) is 0 Å². The van der Waals surface area contributed by atoms with Gasteiger partial charge in [-0.05, 0) is 80.0 Å². The number of hydrogen-bond acceptors (Lipinski definition) is 2. The van der Waals surface area contributed by atoms with Crippen LogP contribution in [0.25, 0.3) is 0 Å². The molecule has 6 atom stereocenters. The van der Waals surface area contributed by atoms with Gasteiger partial charge < -0.3 is 0 Å². The van der Waals surface area contributed by atoms with Crippen LogP contribution in [0.5, 0.6) is 0 Å². The van der Waals surface area contributed by atoms with Crippen molar-refractivity contribution in [2.75, 3.05) is 0 Å². The van der Waals surface area contributed by atoms with E-state index in [1.165, 1.54) is 25.7 Å². The van der Waals surface area contributed by atoms with Gasteiger partial charge in [-0.1, -0.05) is 61.3 Å². The van der Waals surface area contributed by atoms with Crippen LogP contribution in [0, 0.1) is 52.8 Å². The highest BCUT2D eigenvalue weighted by Gasteiger charge is 2.54. The van der Waals surface area contributed by atoms with E-state index in [9.17, 15) is 9.59 Å². The number of hydrogen-bond donors (Lipinski definition) is 0. The molecule has 0 aliphatic heterocycles. The average molecular weight is 391 g/mol. The predicted octanol–water partition coefficient (Wildman–Crippen LogP) is 6.96. The third-order valence-electron chi connectivity index (χ3n) is 8.60. The van der Waals surface area contributed by atoms with Crippen LogP contribution in [0.1, 0.15) is 100 Å². The molecule has 0 bridgehead atoms. The second-order valence-electron chi connectivity index (χ2n) is 11.4. The Balaban J connectivity index is 2.54. The molecule has 2 saturated carbocycles. The normalized spacial score (nSPS) is 36.4. The van der Waals surface area contributed by atoms with Gasteiger partial charge in [-0.25, -0.2) is 0 Å². The Kier molecular flexibility index (Phi) is 7.96. The summed E-state index contributed by atoms with van der Waals surface area (Å²) >= 11 is 0. The second kappa shape index (κ2) is 9.43. The fraction of sp³-hybridized carbons (Fsp3) is 0.923. The molecule has 2 heteroatoms. The summed E-state index contributed by atoms with van der Waals surface area (Å²) in [6, 6.07) is 0. The molecular weight excluding hydrogens is 344 g/mol. The zero-order chi connectivity index (χ0) is 21.2.